The van der Waals surface area contributed by atoms with Gasteiger partial charge in [-0.3, -0.25) is 0 Å². The van der Waals surface area contributed by atoms with Crippen LogP contribution in [0.5, 0.6) is 0 Å². The molecule has 30 heavy (non-hydrogen) atoms. The summed E-state index contributed by atoms with van der Waals surface area (Å²) in [6, 6.07) is 25.7. The highest BCUT2D eigenvalue weighted by Crippen LogP contribution is 2.22. The molecule has 0 unspecified atom stereocenters. The van der Waals surface area contributed by atoms with Gasteiger partial charge in [0.25, 0.3) is 0 Å². The fraction of sp³-hybridized carbons (Fsp3) is 0.346. The molecule has 4 heteroatoms. The Morgan fingerprint density at radius 2 is 1.37 bits per heavy atom. The number of aromatic nitrogens is 1. The van der Waals surface area contributed by atoms with Crippen LogP contribution in [0.4, 0.5) is 11.5 Å². The van der Waals surface area contributed by atoms with Crippen LogP contribution < -0.4 is 4.90 Å². The minimum Gasteiger partial charge on any atom is -0.329 e. The van der Waals surface area contributed by atoms with Gasteiger partial charge in [-0.25, -0.2) is 4.98 Å². The van der Waals surface area contributed by atoms with Crippen LogP contribution in [0.15, 0.2) is 79.0 Å². The Labute approximate surface area is 180 Å². The first kappa shape index (κ1) is 20.6. The van der Waals surface area contributed by atoms with E-state index in [-0.39, 0.29) is 0 Å². The normalized spacial score (nSPS) is 15.2. The highest BCUT2D eigenvalue weighted by molar-refractivity contribution is 5.59. The van der Waals surface area contributed by atoms with E-state index < -0.39 is 0 Å². The van der Waals surface area contributed by atoms with Gasteiger partial charge < -0.3 is 14.7 Å². The van der Waals surface area contributed by atoms with E-state index in [2.05, 4.69) is 81.3 Å². The SMILES string of the molecule is CN(c1cccc(CCN2CCN(CCc3ccccc3)CC2)c1)c1ccccn1. The molecule has 1 aromatic heterocycles. The second-order valence-corrected chi connectivity index (χ2v) is 8.09. The van der Waals surface area contributed by atoms with Crippen molar-refractivity contribution < 1.29 is 0 Å². The standard InChI is InChI=1S/C26H32N4/c1-28(26-12-5-6-15-27-26)25-11-7-10-24(22-25)14-17-30-20-18-29(19-21-30)16-13-23-8-3-2-4-9-23/h2-12,15,22H,13-14,16-21H2,1H3. The van der Waals surface area contributed by atoms with E-state index >= 15 is 0 Å². The van der Waals surface area contributed by atoms with Crippen LogP contribution >= 0.6 is 0 Å². The zero-order chi connectivity index (χ0) is 20.6. The lowest BCUT2D eigenvalue weighted by Gasteiger charge is -2.34. The van der Waals surface area contributed by atoms with Crippen LogP contribution in [0.2, 0.25) is 0 Å². The lowest BCUT2D eigenvalue weighted by molar-refractivity contribution is 0.134. The van der Waals surface area contributed by atoms with Gasteiger partial charge in [0.1, 0.15) is 5.82 Å². The minimum atomic E-state index is 0.973. The van der Waals surface area contributed by atoms with Crippen molar-refractivity contribution in [1.82, 2.24) is 14.8 Å². The highest BCUT2D eigenvalue weighted by atomic mass is 15.3. The monoisotopic (exact) mass is 400 g/mol. The molecule has 0 N–H and O–H groups in total. The van der Waals surface area contributed by atoms with E-state index in [9.17, 15) is 0 Å². The summed E-state index contributed by atoms with van der Waals surface area (Å²) < 4.78 is 0. The number of benzene rings is 2. The van der Waals surface area contributed by atoms with Gasteiger partial charge in [-0.1, -0.05) is 48.5 Å². The van der Waals surface area contributed by atoms with Gasteiger partial charge >= 0.3 is 0 Å². The summed E-state index contributed by atoms with van der Waals surface area (Å²) in [5.41, 5.74) is 4.02. The average molecular weight is 401 g/mol. The third-order valence-electron chi connectivity index (χ3n) is 6.03. The van der Waals surface area contributed by atoms with Gasteiger partial charge in [-0.15, -0.1) is 0 Å². The quantitative estimate of drug-likeness (QED) is 0.564. The fourth-order valence-corrected chi connectivity index (χ4v) is 4.06. The first-order valence-electron chi connectivity index (χ1n) is 11.0. The van der Waals surface area contributed by atoms with Crippen LogP contribution in [0.3, 0.4) is 0 Å². The predicted octanol–water partition coefficient (Wildman–Crippen LogP) is 4.25. The molecular weight excluding hydrogens is 368 g/mol. The largest absolute Gasteiger partial charge is 0.329 e. The van der Waals surface area contributed by atoms with Gasteiger partial charge in [0.15, 0.2) is 0 Å². The van der Waals surface area contributed by atoms with Gasteiger partial charge in [-0.2, -0.15) is 0 Å². The molecule has 4 nitrogen and oxygen atoms in total. The maximum absolute atomic E-state index is 4.46. The van der Waals surface area contributed by atoms with Crippen molar-refractivity contribution in [1.29, 1.82) is 0 Å². The predicted molar refractivity (Wildman–Crippen MR) is 125 cm³/mol. The Morgan fingerprint density at radius 3 is 2.03 bits per heavy atom. The molecule has 1 aliphatic heterocycles. The second kappa shape index (κ2) is 10.4. The number of pyridine rings is 1. The summed E-state index contributed by atoms with van der Waals surface area (Å²) in [6.45, 7) is 6.98. The molecular formula is C26H32N4. The second-order valence-electron chi connectivity index (χ2n) is 8.09. The fourth-order valence-electron chi connectivity index (χ4n) is 4.06. The number of nitrogens with zero attached hydrogens (tertiary/aromatic N) is 4. The molecule has 0 radical (unpaired) electrons. The third kappa shape index (κ3) is 5.68. The minimum absolute atomic E-state index is 0.973. The molecule has 1 fully saturated rings. The van der Waals surface area contributed by atoms with Gasteiger partial charge in [0.2, 0.25) is 0 Å². The molecule has 0 aliphatic carbocycles. The van der Waals surface area contributed by atoms with E-state index in [4.69, 9.17) is 0 Å². The summed E-state index contributed by atoms with van der Waals surface area (Å²) in [4.78, 5) is 11.8. The van der Waals surface area contributed by atoms with Gasteiger partial charge in [0.05, 0.1) is 0 Å². The van der Waals surface area contributed by atoms with Crippen molar-refractivity contribution in [2.75, 3.05) is 51.2 Å². The first-order valence-corrected chi connectivity index (χ1v) is 11.0. The molecule has 0 amide bonds. The van der Waals surface area contributed by atoms with Crippen molar-refractivity contribution in [3.8, 4) is 0 Å². The van der Waals surface area contributed by atoms with Gasteiger partial charge in [0, 0.05) is 58.2 Å². The Hall–Kier alpha value is -2.69. The van der Waals surface area contributed by atoms with Crippen LogP contribution in [0.1, 0.15) is 11.1 Å². The maximum atomic E-state index is 4.46. The van der Waals surface area contributed by atoms with Crippen molar-refractivity contribution >= 4 is 11.5 Å². The molecule has 0 atom stereocenters. The van der Waals surface area contributed by atoms with Crippen molar-refractivity contribution in [3.05, 3.63) is 90.1 Å². The molecule has 3 aromatic rings. The van der Waals surface area contributed by atoms with E-state index in [0.717, 1.165) is 25.2 Å². The number of anilines is 2. The number of hydrogen-bond donors (Lipinski definition) is 0. The molecule has 1 saturated heterocycles. The van der Waals surface area contributed by atoms with Crippen LogP contribution in [0.25, 0.3) is 0 Å². The first-order chi connectivity index (χ1) is 14.8. The number of hydrogen-bond acceptors (Lipinski definition) is 4. The number of piperazine rings is 1. The lowest BCUT2D eigenvalue weighted by atomic mass is 10.1. The van der Waals surface area contributed by atoms with E-state index in [1.165, 1.54) is 49.5 Å². The lowest BCUT2D eigenvalue weighted by Crippen LogP contribution is -2.47. The number of rotatable bonds is 8. The zero-order valence-electron chi connectivity index (χ0n) is 18.0. The van der Waals surface area contributed by atoms with Crippen molar-refractivity contribution in [3.63, 3.8) is 0 Å². The van der Waals surface area contributed by atoms with Crippen molar-refractivity contribution in [2.24, 2.45) is 0 Å². The molecule has 2 aromatic carbocycles. The van der Waals surface area contributed by atoms with Crippen molar-refractivity contribution in [2.45, 2.75) is 12.8 Å². The molecule has 156 valence electrons. The topological polar surface area (TPSA) is 22.6 Å². The van der Waals surface area contributed by atoms with Crippen LogP contribution in [-0.2, 0) is 12.8 Å². The van der Waals surface area contributed by atoms with E-state index in [0.29, 0.717) is 0 Å². The zero-order valence-corrected chi connectivity index (χ0v) is 18.0. The maximum Gasteiger partial charge on any atom is 0.132 e. The average Bonchev–Trinajstić information content (AvgIpc) is 2.83. The third-order valence-corrected chi connectivity index (χ3v) is 6.03. The molecule has 0 spiro atoms. The molecule has 0 saturated carbocycles. The summed E-state index contributed by atoms with van der Waals surface area (Å²) in [6.07, 6.45) is 4.08. The molecule has 1 aliphatic rings. The Bertz CT molecular complexity index is 889. The van der Waals surface area contributed by atoms with Crippen LogP contribution in [-0.4, -0.2) is 61.1 Å². The Balaban J connectivity index is 1.23. The summed E-state index contributed by atoms with van der Waals surface area (Å²) in [7, 11) is 2.08. The van der Waals surface area contributed by atoms with E-state index in [1.807, 2.05) is 24.4 Å². The summed E-state index contributed by atoms with van der Waals surface area (Å²) >= 11 is 0. The molecule has 2 heterocycles. The smallest absolute Gasteiger partial charge is 0.132 e. The van der Waals surface area contributed by atoms with E-state index in [1.54, 1.807) is 0 Å². The molecule has 4 rings (SSSR count). The Kier molecular flexibility index (Phi) is 7.11. The van der Waals surface area contributed by atoms with Gasteiger partial charge in [-0.05, 0) is 48.2 Å². The summed E-state index contributed by atoms with van der Waals surface area (Å²) in [5.74, 6) is 0.973. The molecule has 0 bridgehead atoms. The van der Waals surface area contributed by atoms with Crippen LogP contribution in [0, 0.1) is 0 Å². The highest BCUT2D eigenvalue weighted by Gasteiger charge is 2.16. The Morgan fingerprint density at radius 1 is 0.733 bits per heavy atom. The summed E-state index contributed by atoms with van der Waals surface area (Å²) in [5, 5.41) is 0.